The molecule has 0 spiro atoms. The molecule has 24 heavy (non-hydrogen) atoms. The van der Waals surface area contributed by atoms with E-state index in [1.54, 1.807) is 37.4 Å². The van der Waals surface area contributed by atoms with Crippen molar-refractivity contribution in [2.45, 2.75) is 24.3 Å². The molecular weight excluding hydrogens is 326 g/mol. The van der Waals surface area contributed by atoms with E-state index in [4.69, 9.17) is 0 Å². The van der Waals surface area contributed by atoms with Crippen LogP contribution >= 0.6 is 0 Å². The molecule has 1 N–H and O–H groups in total. The Hall–Kier alpha value is -2.25. The molecule has 126 valence electrons. The lowest BCUT2D eigenvalue weighted by molar-refractivity contribution is 0.0945. The Kier molecular flexibility index (Phi) is 4.38. The van der Waals surface area contributed by atoms with Crippen molar-refractivity contribution >= 4 is 15.9 Å². The first-order valence-electron chi connectivity index (χ1n) is 7.71. The predicted molar refractivity (Wildman–Crippen MR) is 90.1 cm³/mol. The number of carbonyl (C=O) groups is 1. The summed E-state index contributed by atoms with van der Waals surface area (Å²) in [6, 6.07) is 9.72. The first kappa shape index (κ1) is 16.6. The van der Waals surface area contributed by atoms with Crippen molar-refractivity contribution in [3.63, 3.8) is 0 Å². The second-order valence-corrected chi connectivity index (χ2v) is 7.77. The van der Waals surface area contributed by atoms with E-state index < -0.39 is 16.1 Å². The highest BCUT2D eigenvalue weighted by Crippen LogP contribution is 2.26. The second-order valence-electron chi connectivity index (χ2n) is 5.78. The number of pyridine rings is 1. The van der Waals surface area contributed by atoms with Crippen LogP contribution in [0.1, 0.15) is 34.6 Å². The zero-order valence-electron chi connectivity index (χ0n) is 13.6. The molecule has 0 aliphatic carbocycles. The van der Waals surface area contributed by atoms with E-state index in [1.807, 2.05) is 6.07 Å². The van der Waals surface area contributed by atoms with E-state index >= 15 is 0 Å². The topological polar surface area (TPSA) is 79.4 Å². The maximum atomic E-state index is 12.9. The van der Waals surface area contributed by atoms with Crippen molar-refractivity contribution in [2.75, 3.05) is 13.6 Å². The Morgan fingerprint density at radius 2 is 2.04 bits per heavy atom. The minimum atomic E-state index is -3.73. The molecule has 1 atom stereocenters. The number of amides is 1. The molecule has 1 aromatic carbocycles. The largest absolute Gasteiger partial charge is 0.352 e. The molecule has 1 aliphatic rings. The number of nitrogens with zero attached hydrogens (tertiary/aromatic N) is 2. The number of fused-ring (bicyclic) bond motifs is 1. The second kappa shape index (κ2) is 6.33. The van der Waals surface area contributed by atoms with Gasteiger partial charge in [0.2, 0.25) is 10.0 Å². The monoisotopic (exact) mass is 345 g/mol. The van der Waals surface area contributed by atoms with Crippen LogP contribution in [0.3, 0.4) is 0 Å². The van der Waals surface area contributed by atoms with Crippen LogP contribution in [0.15, 0.2) is 47.5 Å². The standard InChI is InChI=1S/C17H19N3O3S/c1-12(16-5-3-4-9-18-16)20(2)24(22,23)14-7-6-13-8-10-19-17(21)15(13)11-14/h3-7,9,11-12H,8,10H2,1-2H3,(H,19,21)/t12-/m1/s1. The van der Waals surface area contributed by atoms with E-state index in [0.717, 1.165) is 5.56 Å². The first-order chi connectivity index (χ1) is 11.4. The van der Waals surface area contributed by atoms with Gasteiger partial charge in [0.05, 0.1) is 16.6 Å². The molecule has 6 nitrogen and oxygen atoms in total. The molecule has 1 aliphatic heterocycles. The van der Waals surface area contributed by atoms with Crippen molar-refractivity contribution in [2.24, 2.45) is 0 Å². The minimum absolute atomic E-state index is 0.114. The molecule has 0 unspecified atom stereocenters. The van der Waals surface area contributed by atoms with Crippen LogP contribution in [0.25, 0.3) is 0 Å². The zero-order valence-corrected chi connectivity index (χ0v) is 14.4. The maximum Gasteiger partial charge on any atom is 0.251 e. The van der Waals surface area contributed by atoms with Gasteiger partial charge in [0.25, 0.3) is 5.91 Å². The molecule has 0 bridgehead atoms. The molecular formula is C17H19N3O3S. The van der Waals surface area contributed by atoms with Crippen LogP contribution in [0, 0.1) is 0 Å². The average Bonchev–Trinajstić information content (AvgIpc) is 2.61. The molecule has 2 heterocycles. The fraction of sp³-hybridized carbons (Fsp3) is 0.294. The molecule has 1 amide bonds. The van der Waals surface area contributed by atoms with Gasteiger partial charge >= 0.3 is 0 Å². The van der Waals surface area contributed by atoms with Gasteiger partial charge in [-0.05, 0) is 43.2 Å². The quantitative estimate of drug-likeness (QED) is 0.915. The van der Waals surface area contributed by atoms with Crippen LogP contribution in [0.4, 0.5) is 0 Å². The van der Waals surface area contributed by atoms with Gasteiger partial charge in [-0.3, -0.25) is 9.78 Å². The highest BCUT2D eigenvalue weighted by molar-refractivity contribution is 7.89. The summed E-state index contributed by atoms with van der Waals surface area (Å²) in [5.74, 6) is -0.228. The molecule has 7 heteroatoms. The zero-order chi connectivity index (χ0) is 17.3. The third kappa shape index (κ3) is 2.92. The molecule has 0 fully saturated rings. The maximum absolute atomic E-state index is 12.9. The summed E-state index contributed by atoms with van der Waals surface area (Å²) in [6.45, 7) is 2.36. The van der Waals surface area contributed by atoms with Crippen LogP contribution < -0.4 is 5.32 Å². The Balaban J connectivity index is 1.96. The number of hydrogen-bond donors (Lipinski definition) is 1. The van der Waals surface area contributed by atoms with Gasteiger partial charge in [-0.2, -0.15) is 4.31 Å². The first-order valence-corrected chi connectivity index (χ1v) is 9.15. The molecule has 2 aromatic rings. The Morgan fingerprint density at radius 1 is 1.25 bits per heavy atom. The summed E-state index contributed by atoms with van der Waals surface area (Å²) < 4.78 is 27.1. The van der Waals surface area contributed by atoms with E-state index in [-0.39, 0.29) is 10.8 Å². The van der Waals surface area contributed by atoms with Crippen LogP contribution in [-0.4, -0.2) is 37.2 Å². The van der Waals surface area contributed by atoms with Gasteiger partial charge in [-0.15, -0.1) is 0 Å². The number of benzene rings is 1. The molecule has 0 radical (unpaired) electrons. The van der Waals surface area contributed by atoms with E-state index in [1.165, 1.54) is 17.4 Å². The van der Waals surface area contributed by atoms with Gasteiger partial charge in [-0.25, -0.2) is 8.42 Å². The van der Waals surface area contributed by atoms with Crippen molar-refractivity contribution in [1.82, 2.24) is 14.6 Å². The highest BCUT2D eigenvalue weighted by Gasteiger charge is 2.28. The van der Waals surface area contributed by atoms with E-state index in [0.29, 0.717) is 24.2 Å². The third-order valence-electron chi connectivity index (χ3n) is 4.34. The summed E-state index contributed by atoms with van der Waals surface area (Å²) >= 11 is 0. The number of sulfonamides is 1. The van der Waals surface area contributed by atoms with Crippen molar-refractivity contribution < 1.29 is 13.2 Å². The van der Waals surface area contributed by atoms with Crippen molar-refractivity contribution in [1.29, 1.82) is 0 Å². The van der Waals surface area contributed by atoms with E-state index in [2.05, 4.69) is 10.3 Å². The van der Waals surface area contributed by atoms with Crippen LogP contribution in [0.5, 0.6) is 0 Å². The van der Waals surface area contributed by atoms with Crippen LogP contribution in [-0.2, 0) is 16.4 Å². The van der Waals surface area contributed by atoms with Gasteiger partial charge in [0, 0.05) is 25.4 Å². The van der Waals surface area contributed by atoms with Gasteiger partial charge in [-0.1, -0.05) is 12.1 Å². The minimum Gasteiger partial charge on any atom is -0.352 e. The lowest BCUT2D eigenvalue weighted by Gasteiger charge is -2.25. The Morgan fingerprint density at radius 3 is 2.75 bits per heavy atom. The summed E-state index contributed by atoms with van der Waals surface area (Å²) in [7, 11) is -2.21. The van der Waals surface area contributed by atoms with Gasteiger partial charge in [0.1, 0.15) is 0 Å². The number of carbonyl (C=O) groups excluding carboxylic acids is 1. The van der Waals surface area contributed by atoms with Gasteiger partial charge in [0.15, 0.2) is 0 Å². The summed E-state index contributed by atoms with van der Waals surface area (Å²) in [5.41, 5.74) is 1.97. The lowest BCUT2D eigenvalue weighted by Crippen LogP contribution is -2.33. The fourth-order valence-corrected chi connectivity index (χ4v) is 4.10. The van der Waals surface area contributed by atoms with Crippen molar-refractivity contribution in [3.05, 3.63) is 59.4 Å². The summed E-state index contributed by atoms with van der Waals surface area (Å²) in [4.78, 5) is 16.3. The van der Waals surface area contributed by atoms with Gasteiger partial charge < -0.3 is 5.32 Å². The highest BCUT2D eigenvalue weighted by atomic mass is 32.2. The fourth-order valence-electron chi connectivity index (χ4n) is 2.74. The van der Waals surface area contributed by atoms with Crippen LogP contribution in [0.2, 0.25) is 0 Å². The molecule has 0 saturated heterocycles. The number of hydrogen-bond acceptors (Lipinski definition) is 4. The smallest absolute Gasteiger partial charge is 0.251 e. The Labute approximate surface area is 141 Å². The number of aromatic nitrogens is 1. The normalized spacial score (nSPS) is 15.7. The summed E-state index contributed by atoms with van der Waals surface area (Å²) in [5, 5.41) is 2.74. The third-order valence-corrected chi connectivity index (χ3v) is 6.27. The average molecular weight is 345 g/mol. The lowest BCUT2D eigenvalue weighted by atomic mass is 10.0. The van der Waals surface area contributed by atoms with E-state index in [9.17, 15) is 13.2 Å². The predicted octanol–water partition coefficient (Wildman–Crippen LogP) is 1.75. The molecule has 1 aromatic heterocycles. The SMILES string of the molecule is C[C@H](c1ccccn1)N(C)S(=O)(=O)c1ccc2c(c1)C(=O)NCC2. The Bertz CT molecular complexity index is 866. The molecule has 3 rings (SSSR count). The summed E-state index contributed by atoms with van der Waals surface area (Å²) in [6.07, 6.45) is 2.34. The molecule has 0 saturated carbocycles. The van der Waals surface area contributed by atoms with Crippen molar-refractivity contribution in [3.8, 4) is 0 Å². The number of nitrogens with one attached hydrogen (secondary N) is 1. The number of rotatable bonds is 4.